The fourth-order valence-corrected chi connectivity index (χ4v) is 2.45. The fourth-order valence-electron chi connectivity index (χ4n) is 2.45. The second-order valence-electron chi connectivity index (χ2n) is 7.77. The average molecular weight is 543 g/mol. The molecule has 0 atom stereocenters. The maximum absolute atomic E-state index is 10.6. The normalized spacial score (nSPS) is 11.5. The molecule has 0 aromatic rings. The molecule has 0 bridgehead atoms. The van der Waals surface area contributed by atoms with Gasteiger partial charge in [0.1, 0.15) is 6.61 Å². The SMILES string of the molecule is CC(=O)OCCOCCOCCOCCOCCOCCOCCOCCOCCOCCOC(C)C. The van der Waals surface area contributed by atoms with Crippen molar-refractivity contribution in [2.45, 2.75) is 26.9 Å². The van der Waals surface area contributed by atoms with Gasteiger partial charge in [0.2, 0.25) is 0 Å². The Balaban J connectivity index is 3.03. The van der Waals surface area contributed by atoms with E-state index in [1.165, 1.54) is 6.92 Å². The molecule has 12 heteroatoms. The van der Waals surface area contributed by atoms with E-state index in [0.717, 1.165) is 0 Å². The number of carbonyl (C=O) groups is 1. The Morgan fingerprint density at radius 1 is 0.405 bits per heavy atom. The van der Waals surface area contributed by atoms with Crippen molar-refractivity contribution in [3.05, 3.63) is 0 Å². The van der Waals surface area contributed by atoms with E-state index in [9.17, 15) is 4.79 Å². The van der Waals surface area contributed by atoms with E-state index in [0.29, 0.717) is 126 Å². The molecule has 0 amide bonds. The zero-order valence-corrected chi connectivity index (χ0v) is 23.1. The molecule has 0 aliphatic heterocycles. The number of rotatable bonds is 31. The van der Waals surface area contributed by atoms with E-state index in [1.54, 1.807) is 0 Å². The molecule has 0 unspecified atom stereocenters. The third-order valence-corrected chi connectivity index (χ3v) is 4.19. The molecule has 0 aliphatic rings. The Hall–Kier alpha value is -0.930. The van der Waals surface area contributed by atoms with Crippen molar-refractivity contribution in [1.29, 1.82) is 0 Å². The van der Waals surface area contributed by atoms with E-state index in [-0.39, 0.29) is 18.7 Å². The van der Waals surface area contributed by atoms with Crippen molar-refractivity contribution in [2.24, 2.45) is 0 Å². The Morgan fingerprint density at radius 3 is 0.838 bits per heavy atom. The van der Waals surface area contributed by atoms with Gasteiger partial charge in [-0.1, -0.05) is 0 Å². The minimum absolute atomic E-state index is 0.231. The number of ether oxygens (including phenoxy) is 11. The third-order valence-electron chi connectivity index (χ3n) is 4.19. The van der Waals surface area contributed by atoms with Gasteiger partial charge in [-0.05, 0) is 13.8 Å². The zero-order chi connectivity index (χ0) is 27.1. The molecule has 37 heavy (non-hydrogen) atoms. The van der Waals surface area contributed by atoms with Gasteiger partial charge in [0.05, 0.1) is 132 Å². The van der Waals surface area contributed by atoms with Gasteiger partial charge in [0.25, 0.3) is 0 Å². The second kappa shape index (κ2) is 31.3. The topological polar surface area (TPSA) is 119 Å². The Labute approximate surface area is 222 Å². The number of carbonyl (C=O) groups excluding carboxylic acids is 1. The van der Waals surface area contributed by atoms with Crippen molar-refractivity contribution >= 4 is 5.97 Å². The van der Waals surface area contributed by atoms with Crippen molar-refractivity contribution in [3.63, 3.8) is 0 Å². The van der Waals surface area contributed by atoms with Crippen LogP contribution in [-0.4, -0.2) is 144 Å². The molecule has 0 saturated carbocycles. The van der Waals surface area contributed by atoms with Crippen molar-refractivity contribution in [1.82, 2.24) is 0 Å². The number of esters is 1. The fraction of sp³-hybridized carbons (Fsp3) is 0.960. The highest BCUT2D eigenvalue weighted by Gasteiger charge is 1.97. The molecule has 0 spiro atoms. The molecule has 0 saturated heterocycles. The summed E-state index contributed by atoms with van der Waals surface area (Å²) in [5, 5.41) is 0. The monoisotopic (exact) mass is 542 g/mol. The van der Waals surface area contributed by atoms with E-state index in [4.69, 9.17) is 52.1 Å². The summed E-state index contributed by atoms with van der Waals surface area (Å²) >= 11 is 0. The maximum atomic E-state index is 10.6. The first-order valence-electron chi connectivity index (χ1n) is 13.1. The van der Waals surface area contributed by atoms with Crippen LogP contribution in [0.25, 0.3) is 0 Å². The van der Waals surface area contributed by atoms with E-state index < -0.39 is 0 Å². The molecule has 0 heterocycles. The summed E-state index contributed by atoms with van der Waals surface area (Å²) in [6.45, 7) is 15.3. The van der Waals surface area contributed by atoms with E-state index in [1.807, 2.05) is 13.8 Å². The van der Waals surface area contributed by atoms with Crippen LogP contribution in [0.5, 0.6) is 0 Å². The largest absolute Gasteiger partial charge is 0.463 e. The van der Waals surface area contributed by atoms with E-state index in [2.05, 4.69) is 0 Å². The smallest absolute Gasteiger partial charge is 0.302 e. The van der Waals surface area contributed by atoms with Crippen LogP contribution < -0.4 is 0 Å². The van der Waals surface area contributed by atoms with E-state index >= 15 is 0 Å². The summed E-state index contributed by atoms with van der Waals surface area (Å²) in [6.07, 6.45) is 0.231. The first kappa shape index (κ1) is 36.1. The van der Waals surface area contributed by atoms with Crippen molar-refractivity contribution in [3.8, 4) is 0 Å². The lowest BCUT2D eigenvalue weighted by atomic mass is 10.5. The molecular formula is C25H50O12. The highest BCUT2D eigenvalue weighted by molar-refractivity contribution is 5.65. The summed E-state index contributed by atoms with van der Waals surface area (Å²) in [6, 6.07) is 0. The minimum atomic E-state index is -0.309. The predicted molar refractivity (Wildman–Crippen MR) is 135 cm³/mol. The molecule has 0 radical (unpaired) electrons. The quantitative estimate of drug-likeness (QED) is 0.0923. The Kier molecular flexibility index (Phi) is 30.5. The van der Waals surface area contributed by atoms with Gasteiger partial charge in [0.15, 0.2) is 0 Å². The molecule has 0 N–H and O–H groups in total. The lowest BCUT2D eigenvalue weighted by Crippen LogP contribution is -2.15. The van der Waals surface area contributed by atoms with Crippen LogP contribution in [0.2, 0.25) is 0 Å². The molecule has 222 valence electrons. The van der Waals surface area contributed by atoms with Crippen LogP contribution >= 0.6 is 0 Å². The molecule has 0 rings (SSSR count). The van der Waals surface area contributed by atoms with Crippen LogP contribution in [0.15, 0.2) is 0 Å². The molecule has 0 fully saturated rings. The predicted octanol–water partition coefficient (Wildman–Crippen LogP) is 1.12. The van der Waals surface area contributed by atoms with Crippen LogP contribution in [0.4, 0.5) is 0 Å². The molecular weight excluding hydrogens is 492 g/mol. The molecule has 0 aromatic heterocycles. The highest BCUT2D eigenvalue weighted by Crippen LogP contribution is 1.89. The van der Waals surface area contributed by atoms with Gasteiger partial charge < -0.3 is 52.1 Å². The minimum Gasteiger partial charge on any atom is -0.463 e. The summed E-state index contributed by atoms with van der Waals surface area (Å²) in [5.74, 6) is -0.309. The third kappa shape index (κ3) is 35.1. The summed E-state index contributed by atoms with van der Waals surface area (Å²) < 4.78 is 58.7. The van der Waals surface area contributed by atoms with Gasteiger partial charge in [0, 0.05) is 6.92 Å². The maximum Gasteiger partial charge on any atom is 0.302 e. The first-order valence-corrected chi connectivity index (χ1v) is 13.1. The van der Waals surface area contributed by atoms with Crippen molar-refractivity contribution < 1.29 is 56.9 Å². The van der Waals surface area contributed by atoms with Gasteiger partial charge in [-0.3, -0.25) is 4.79 Å². The van der Waals surface area contributed by atoms with Crippen LogP contribution in [0, 0.1) is 0 Å². The van der Waals surface area contributed by atoms with Crippen molar-refractivity contribution in [2.75, 3.05) is 132 Å². The molecule has 0 aliphatic carbocycles. The second-order valence-corrected chi connectivity index (χ2v) is 7.77. The highest BCUT2D eigenvalue weighted by atomic mass is 16.6. The Morgan fingerprint density at radius 2 is 0.622 bits per heavy atom. The standard InChI is InChI=1S/C25H50O12/c1-24(2)36-22-20-34-18-16-32-14-12-30-10-8-28-6-4-27-5-7-29-9-11-31-13-15-33-17-19-35-21-23-37-25(3)26/h24H,4-23H2,1-3H3. The summed E-state index contributed by atoms with van der Waals surface area (Å²) in [4.78, 5) is 10.6. The van der Waals surface area contributed by atoms with Gasteiger partial charge in [-0.2, -0.15) is 0 Å². The summed E-state index contributed by atoms with van der Waals surface area (Å²) in [7, 11) is 0. The van der Waals surface area contributed by atoms with Crippen LogP contribution in [0.3, 0.4) is 0 Å². The Bertz CT molecular complexity index is 453. The van der Waals surface area contributed by atoms with Crippen LogP contribution in [0.1, 0.15) is 20.8 Å². The molecule has 12 nitrogen and oxygen atoms in total. The number of hydrogen-bond acceptors (Lipinski definition) is 12. The summed E-state index contributed by atoms with van der Waals surface area (Å²) in [5.41, 5.74) is 0. The number of hydrogen-bond donors (Lipinski definition) is 0. The van der Waals surface area contributed by atoms with Gasteiger partial charge >= 0.3 is 5.97 Å². The average Bonchev–Trinajstić information content (AvgIpc) is 2.87. The van der Waals surface area contributed by atoms with Gasteiger partial charge in [-0.25, -0.2) is 0 Å². The molecule has 0 aromatic carbocycles. The first-order chi connectivity index (χ1) is 18.1. The van der Waals surface area contributed by atoms with Gasteiger partial charge in [-0.15, -0.1) is 0 Å². The van der Waals surface area contributed by atoms with Crippen LogP contribution in [-0.2, 0) is 56.9 Å². The lowest BCUT2D eigenvalue weighted by molar-refractivity contribution is -0.142. The lowest BCUT2D eigenvalue weighted by Gasteiger charge is -2.09. The zero-order valence-electron chi connectivity index (χ0n) is 23.1.